The Kier molecular flexibility index (Phi) is 8.23. The van der Waals surface area contributed by atoms with Crippen molar-refractivity contribution in [2.24, 2.45) is 5.92 Å². The lowest BCUT2D eigenvalue weighted by Crippen LogP contribution is -2.44. The van der Waals surface area contributed by atoms with Crippen LogP contribution in [0.25, 0.3) is 0 Å². The highest BCUT2D eigenvalue weighted by Crippen LogP contribution is 2.19. The first-order valence-corrected chi connectivity index (χ1v) is 7.42. The maximum atomic E-state index is 5.47. The minimum atomic E-state index is 0. The molecule has 108 valence electrons. The maximum Gasteiger partial charge on any atom is 0.0495 e. The summed E-state index contributed by atoms with van der Waals surface area (Å²) < 4.78 is 5.47. The van der Waals surface area contributed by atoms with Gasteiger partial charge in [0.2, 0.25) is 0 Å². The van der Waals surface area contributed by atoms with Gasteiger partial charge in [-0.25, -0.2) is 0 Å². The zero-order valence-electron chi connectivity index (χ0n) is 11.7. The van der Waals surface area contributed by atoms with Gasteiger partial charge in [-0.15, -0.1) is 12.4 Å². The van der Waals surface area contributed by atoms with Crippen LogP contribution in [0, 0.1) is 5.92 Å². The van der Waals surface area contributed by atoms with E-state index in [0.29, 0.717) is 0 Å². The van der Waals surface area contributed by atoms with Crippen molar-refractivity contribution in [3.05, 3.63) is 0 Å². The summed E-state index contributed by atoms with van der Waals surface area (Å²) in [5, 5.41) is 3.46. The summed E-state index contributed by atoms with van der Waals surface area (Å²) in [6, 6.07) is 0.832. The lowest BCUT2D eigenvalue weighted by atomic mass is 10.0. The average Bonchev–Trinajstić information content (AvgIpc) is 2.88. The predicted molar refractivity (Wildman–Crippen MR) is 78.5 cm³/mol. The van der Waals surface area contributed by atoms with Gasteiger partial charge in [-0.2, -0.15) is 0 Å². The van der Waals surface area contributed by atoms with Crippen LogP contribution in [-0.4, -0.2) is 50.3 Å². The molecular weight excluding hydrogens is 248 g/mol. The Morgan fingerprint density at radius 3 is 2.56 bits per heavy atom. The summed E-state index contributed by atoms with van der Waals surface area (Å²) in [6.45, 7) is 9.27. The molecule has 18 heavy (non-hydrogen) atoms. The Bertz CT molecular complexity index is 204. The molecule has 0 saturated carbocycles. The van der Waals surface area contributed by atoms with E-state index in [9.17, 15) is 0 Å². The Labute approximate surface area is 118 Å². The number of nitrogens with one attached hydrogen (secondary N) is 1. The molecule has 0 radical (unpaired) electrons. The molecule has 2 rings (SSSR count). The number of hydrogen-bond acceptors (Lipinski definition) is 3. The summed E-state index contributed by atoms with van der Waals surface area (Å²) in [4.78, 5) is 2.74. The highest BCUT2D eigenvalue weighted by Gasteiger charge is 2.22. The molecule has 2 aliphatic heterocycles. The number of rotatable bonds is 6. The van der Waals surface area contributed by atoms with Crippen LogP contribution in [-0.2, 0) is 4.74 Å². The number of hydrogen-bond donors (Lipinski definition) is 1. The fourth-order valence-electron chi connectivity index (χ4n) is 3.10. The second kappa shape index (κ2) is 9.13. The molecule has 0 aromatic heterocycles. The lowest BCUT2D eigenvalue weighted by Gasteiger charge is -2.35. The fraction of sp³-hybridized carbons (Fsp3) is 1.00. The van der Waals surface area contributed by atoms with E-state index in [-0.39, 0.29) is 12.4 Å². The van der Waals surface area contributed by atoms with Gasteiger partial charge in [0, 0.05) is 19.3 Å². The zero-order chi connectivity index (χ0) is 11.9. The largest absolute Gasteiger partial charge is 0.381 e. The van der Waals surface area contributed by atoms with Crippen molar-refractivity contribution in [1.82, 2.24) is 10.2 Å². The average molecular weight is 277 g/mol. The SMILES string of the molecule is CCCN(CCC1CCOC1)C1CCNCC1.Cl. The van der Waals surface area contributed by atoms with Crippen LogP contribution in [0.5, 0.6) is 0 Å². The van der Waals surface area contributed by atoms with Gasteiger partial charge < -0.3 is 15.0 Å². The summed E-state index contributed by atoms with van der Waals surface area (Å²) in [5.74, 6) is 0.830. The molecule has 2 fully saturated rings. The Balaban J connectivity index is 0.00000162. The first kappa shape index (κ1) is 16.2. The van der Waals surface area contributed by atoms with E-state index in [1.807, 2.05) is 0 Å². The van der Waals surface area contributed by atoms with Crippen LogP contribution in [0.15, 0.2) is 0 Å². The molecule has 3 nitrogen and oxygen atoms in total. The zero-order valence-corrected chi connectivity index (χ0v) is 12.5. The molecule has 1 unspecified atom stereocenters. The van der Waals surface area contributed by atoms with Gasteiger partial charge in [0.15, 0.2) is 0 Å². The first-order valence-electron chi connectivity index (χ1n) is 7.42. The second-order valence-corrected chi connectivity index (χ2v) is 5.54. The molecule has 0 aromatic rings. The highest BCUT2D eigenvalue weighted by molar-refractivity contribution is 5.85. The molecule has 0 aromatic carbocycles. The molecule has 4 heteroatoms. The van der Waals surface area contributed by atoms with Crippen molar-refractivity contribution >= 4 is 12.4 Å². The lowest BCUT2D eigenvalue weighted by molar-refractivity contribution is 0.143. The Morgan fingerprint density at radius 2 is 1.94 bits per heavy atom. The second-order valence-electron chi connectivity index (χ2n) is 5.54. The van der Waals surface area contributed by atoms with Gasteiger partial charge in [0.25, 0.3) is 0 Å². The molecule has 0 bridgehead atoms. The van der Waals surface area contributed by atoms with Gasteiger partial charge >= 0.3 is 0 Å². The summed E-state index contributed by atoms with van der Waals surface area (Å²) >= 11 is 0. The quantitative estimate of drug-likeness (QED) is 0.806. The number of halogens is 1. The van der Waals surface area contributed by atoms with Crippen LogP contribution >= 0.6 is 12.4 Å². The van der Waals surface area contributed by atoms with E-state index in [2.05, 4.69) is 17.1 Å². The summed E-state index contributed by atoms with van der Waals surface area (Å²) in [6.07, 6.45) is 6.57. The highest BCUT2D eigenvalue weighted by atomic mass is 35.5. The van der Waals surface area contributed by atoms with Gasteiger partial charge in [-0.05, 0) is 64.2 Å². The van der Waals surface area contributed by atoms with Crippen molar-refractivity contribution < 1.29 is 4.74 Å². The first-order chi connectivity index (χ1) is 8.40. The third kappa shape index (κ3) is 5.04. The van der Waals surface area contributed by atoms with Gasteiger partial charge in [-0.1, -0.05) is 6.92 Å². The summed E-state index contributed by atoms with van der Waals surface area (Å²) in [7, 11) is 0. The number of piperidine rings is 1. The van der Waals surface area contributed by atoms with E-state index in [0.717, 1.165) is 25.2 Å². The van der Waals surface area contributed by atoms with Crippen LogP contribution in [0.1, 0.15) is 39.0 Å². The van der Waals surface area contributed by atoms with Crippen molar-refractivity contribution in [3.63, 3.8) is 0 Å². The van der Waals surface area contributed by atoms with E-state index in [1.165, 1.54) is 58.3 Å². The van der Waals surface area contributed by atoms with Crippen LogP contribution < -0.4 is 5.32 Å². The normalized spacial score (nSPS) is 25.3. The summed E-state index contributed by atoms with van der Waals surface area (Å²) in [5.41, 5.74) is 0. The number of ether oxygens (including phenoxy) is 1. The van der Waals surface area contributed by atoms with E-state index in [4.69, 9.17) is 4.74 Å². The molecule has 2 heterocycles. The monoisotopic (exact) mass is 276 g/mol. The molecule has 2 saturated heterocycles. The van der Waals surface area contributed by atoms with Gasteiger partial charge in [-0.3, -0.25) is 0 Å². The molecule has 1 atom stereocenters. The molecule has 0 spiro atoms. The molecular formula is C14H29ClN2O. The van der Waals surface area contributed by atoms with Crippen molar-refractivity contribution in [2.45, 2.75) is 45.1 Å². The molecule has 2 aliphatic rings. The maximum absolute atomic E-state index is 5.47. The van der Waals surface area contributed by atoms with Crippen LogP contribution in [0.4, 0.5) is 0 Å². The minimum Gasteiger partial charge on any atom is -0.381 e. The van der Waals surface area contributed by atoms with Gasteiger partial charge in [0.1, 0.15) is 0 Å². The fourth-order valence-corrected chi connectivity index (χ4v) is 3.10. The van der Waals surface area contributed by atoms with Crippen molar-refractivity contribution in [3.8, 4) is 0 Å². The van der Waals surface area contributed by atoms with Gasteiger partial charge in [0.05, 0.1) is 0 Å². The van der Waals surface area contributed by atoms with Crippen LogP contribution in [0.3, 0.4) is 0 Å². The van der Waals surface area contributed by atoms with Crippen molar-refractivity contribution in [2.75, 3.05) is 39.4 Å². The minimum absolute atomic E-state index is 0. The Morgan fingerprint density at radius 1 is 1.17 bits per heavy atom. The van der Waals surface area contributed by atoms with E-state index >= 15 is 0 Å². The molecule has 1 N–H and O–H groups in total. The van der Waals surface area contributed by atoms with E-state index < -0.39 is 0 Å². The Hall–Kier alpha value is 0.170. The predicted octanol–water partition coefficient (Wildman–Crippen LogP) is 2.30. The topological polar surface area (TPSA) is 24.5 Å². The van der Waals surface area contributed by atoms with Crippen LogP contribution in [0.2, 0.25) is 0 Å². The third-order valence-corrected chi connectivity index (χ3v) is 4.18. The molecule has 0 aliphatic carbocycles. The standard InChI is InChI=1S/C14H28N2O.ClH/c1-2-9-16(14-3-7-15-8-4-14)10-5-13-6-11-17-12-13;/h13-15H,2-12H2,1H3;1H. The van der Waals surface area contributed by atoms with Crippen molar-refractivity contribution in [1.29, 1.82) is 0 Å². The third-order valence-electron chi connectivity index (χ3n) is 4.18. The number of nitrogens with zero attached hydrogens (tertiary/aromatic N) is 1. The van der Waals surface area contributed by atoms with E-state index in [1.54, 1.807) is 0 Å². The molecule has 0 amide bonds. The smallest absolute Gasteiger partial charge is 0.0495 e.